The molecule has 1 aromatic carbocycles. The maximum absolute atomic E-state index is 12.3. The number of aromatic nitrogens is 2. The van der Waals surface area contributed by atoms with E-state index in [0.717, 1.165) is 5.56 Å². The predicted octanol–water partition coefficient (Wildman–Crippen LogP) is 3.07. The van der Waals surface area contributed by atoms with Gasteiger partial charge in [0, 0.05) is 17.4 Å². The molecular formula is C18H17N3O3. The lowest BCUT2D eigenvalue weighted by Gasteiger charge is -2.07. The zero-order valence-electron chi connectivity index (χ0n) is 13.4. The summed E-state index contributed by atoms with van der Waals surface area (Å²) in [5.74, 6) is -0.644. The highest BCUT2D eigenvalue weighted by Crippen LogP contribution is 2.18. The molecule has 3 aromatic rings. The van der Waals surface area contributed by atoms with Gasteiger partial charge in [-0.1, -0.05) is 17.7 Å². The number of esters is 1. The first-order valence-electron chi connectivity index (χ1n) is 7.61. The van der Waals surface area contributed by atoms with Crippen LogP contribution in [0.3, 0.4) is 0 Å². The number of hydrogen-bond acceptors (Lipinski definition) is 4. The van der Waals surface area contributed by atoms with Crippen LogP contribution in [0, 0.1) is 6.92 Å². The monoisotopic (exact) mass is 323 g/mol. The van der Waals surface area contributed by atoms with Crippen LogP contribution in [0.2, 0.25) is 0 Å². The molecule has 0 bridgehead atoms. The molecular weight excluding hydrogens is 306 g/mol. The topological polar surface area (TPSA) is 72.7 Å². The third kappa shape index (κ3) is 3.12. The lowest BCUT2D eigenvalue weighted by molar-refractivity contribution is 0.0528. The molecule has 6 nitrogen and oxygen atoms in total. The first-order valence-corrected chi connectivity index (χ1v) is 7.61. The van der Waals surface area contributed by atoms with Crippen LogP contribution in [0.25, 0.3) is 5.52 Å². The van der Waals surface area contributed by atoms with Crippen molar-refractivity contribution in [3.8, 4) is 0 Å². The van der Waals surface area contributed by atoms with E-state index in [1.807, 2.05) is 25.1 Å². The minimum absolute atomic E-state index is 0.208. The third-order valence-corrected chi connectivity index (χ3v) is 3.56. The summed E-state index contributed by atoms with van der Waals surface area (Å²) in [6.45, 7) is 3.97. The van der Waals surface area contributed by atoms with Crippen LogP contribution >= 0.6 is 0 Å². The summed E-state index contributed by atoms with van der Waals surface area (Å²) in [7, 11) is 0. The zero-order chi connectivity index (χ0) is 17.1. The highest BCUT2D eigenvalue weighted by atomic mass is 16.5. The Kier molecular flexibility index (Phi) is 4.29. The second kappa shape index (κ2) is 6.54. The van der Waals surface area contributed by atoms with Crippen molar-refractivity contribution in [2.75, 3.05) is 11.9 Å². The summed E-state index contributed by atoms with van der Waals surface area (Å²) in [5.41, 5.74) is 3.12. The van der Waals surface area contributed by atoms with Crippen molar-refractivity contribution in [1.82, 2.24) is 9.61 Å². The predicted molar refractivity (Wildman–Crippen MR) is 90.3 cm³/mol. The second-order valence-corrected chi connectivity index (χ2v) is 5.35. The standard InChI is InChI=1S/C18H17N3O3/c1-3-24-18(23)15-11-19-21-8-7-14(10-16(15)21)20-17(22)13-6-4-5-12(2)9-13/h4-11H,3H2,1-2H3,(H,20,22). The molecule has 24 heavy (non-hydrogen) atoms. The number of anilines is 1. The van der Waals surface area contributed by atoms with Crippen LogP contribution in [0.4, 0.5) is 5.69 Å². The minimum atomic E-state index is -0.435. The van der Waals surface area contributed by atoms with Crippen LogP contribution in [0.1, 0.15) is 33.2 Å². The van der Waals surface area contributed by atoms with Gasteiger partial charge in [0.05, 0.1) is 18.3 Å². The van der Waals surface area contributed by atoms with Crippen molar-refractivity contribution in [2.24, 2.45) is 0 Å². The molecule has 0 unspecified atom stereocenters. The largest absolute Gasteiger partial charge is 0.462 e. The van der Waals surface area contributed by atoms with Gasteiger partial charge in [0.25, 0.3) is 5.91 Å². The molecule has 1 amide bonds. The average Bonchev–Trinajstić information content (AvgIpc) is 2.98. The van der Waals surface area contributed by atoms with Gasteiger partial charge < -0.3 is 10.1 Å². The van der Waals surface area contributed by atoms with Gasteiger partial charge in [-0.3, -0.25) is 4.79 Å². The number of fused-ring (bicyclic) bond motifs is 1. The summed E-state index contributed by atoms with van der Waals surface area (Å²) in [6, 6.07) is 10.8. The summed E-state index contributed by atoms with van der Waals surface area (Å²) in [6.07, 6.45) is 3.14. The molecule has 0 fully saturated rings. The number of ether oxygens (including phenoxy) is 1. The van der Waals surface area contributed by atoms with Gasteiger partial charge in [0.1, 0.15) is 5.56 Å². The Bertz CT molecular complexity index is 915. The number of nitrogens with one attached hydrogen (secondary N) is 1. The summed E-state index contributed by atoms with van der Waals surface area (Å²) in [4.78, 5) is 24.3. The number of aryl methyl sites for hydroxylation is 1. The van der Waals surface area contributed by atoms with E-state index >= 15 is 0 Å². The molecule has 0 spiro atoms. The van der Waals surface area contributed by atoms with E-state index in [1.54, 1.807) is 35.8 Å². The molecule has 2 heterocycles. The van der Waals surface area contributed by atoms with Gasteiger partial charge in [-0.25, -0.2) is 9.31 Å². The Labute approximate surface area is 139 Å². The molecule has 0 aliphatic heterocycles. The van der Waals surface area contributed by atoms with E-state index in [2.05, 4.69) is 10.4 Å². The first kappa shape index (κ1) is 15.7. The summed E-state index contributed by atoms with van der Waals surface area (Å²) in [5, 5.41) is 6.95. The zero-order valence-corrected chi connectivity index (χ0v) is 13.4. The molecule has 0 radical (unpaired) electrons. The fourth-order valence-corrected chi connectivity index (χ4v) is 2.41. The summed E-state index contributed by atoms with van der Waals surface area (Å²) < 4.78 is 6.58. The number of amides is 1. The SMILES string of the molecule is CCOC(=O)c1cnn2ccc(NC(=O)c3cccc(C)c3)cc12. The van der Waals surface area contributed by atoms with E-state index in [1.165, 1.54) is 6.20 Å². The van der Waals surface area contributed by atoms with E-state index < -0.39 is 5.97 Å². The van der Waals surface area contributed by atoms with Crippen molar-refractivity contribution in [2.45, 2.75) is 13.8 Å². The molecule has 0 saturated heterocycles. The molecule has 0 aliphatic rings. The quantitative estimate of drug-likeness (QED) is 0.749. The van der Waals surface area contributed by atoms with Crippen molar-refractivity contribution in [3.63, 3.8) is 0 Å². The van der Waals surface area contributed by atoms with E-state index in [4.69, 9.17) is 4.74 Å². The van der Waals surface area contributed by atoms with Gasteiger partial charge in [0.15, 0.2) is 0 Å². The smallest absolute Gasteiger partial charge is 0.341 e. The van der Waals surface area contributed by atoms with Crippen LogP contribution in [-0.4, -0.2) is 28.1 Å². The number of benzene rings is 1. The lowest BCUT2D eigenvalue weighted by Crippen LogP contribution is -2.12. The molecule has 2 aromatic heterocycles. The van der Waals surface area contributed by atoms with Crippen molar-refractivity contribution >= 4 is 23.1 Å². The fraction of sp³-hybridized carbons (Fsp3) is 0.167. The van der Waals surface area contributed by atoms with E-state index in [0.29, 0.717) is 28.9 Å². The van der Waals surface area contributed by atoms with Gasteiger partial charge >= 0.3 is 5.97 Å². The van der Waals surface area contributed by atoms with Crippen molar-refractivity contribution in [1.29, 1.82) is 0 Å². The van der Waals surface area contributed by atoms with Crippen LogP contribution in [0.5, 0.6) is 0 Å². The molecule has 3 rings (SSSR count). The molecule has 1 N–H and O–H groups in total. The Morgan fingerprint density at radius 1 is 1.25 bits per heavy atom. The van der Waals surface area contributed by atoms with Crippen LogP contribution < -0.4 is 5.32 Å². The van der Waals surface area contributed by atoms with Crippen molar-refractivity contribution in [3.05, 3.63) is 65.5 Å². The molecule has 0 aliphatic carbocycles. The Morgan fingerprint density at radius 3 is 2.83 bits per heavy atom. The molecule has 122 valence electrons. The maximum atomic E-state index is 12.3. The van der Waals surface area contributed by atoms with Gasteiger partial charge in [-0.2, -0.15) is 5.10 Å². The number of hydrogen-bond donors (Lipinski definition) is 1. The number of pyridine rings is 1. The van der Waals surface area contributed by atoms with Crippen LogP contribution in [-0.2, 0) is 4.74 Å². The molecule has 6 heteroatoms. The Morgan fingerprint density at radius 2 is 2.08 bits per heavy atom. The highest BCUT2D eigenvalue weighted by Gasteiger charge is 2.15. The highest BCUT2D eigenvalue weighted by molar-refractivity contribution is 6.05. The van der Waals surface area contributed by atoms with Gasteiger partial charge in [0.2, 0.25) is 0 Å². The fourth-order valence-electron chi connectivity index (χ4n) is 2.41. The number of carbonyl (C=O) groups is 2. The number of nitrogens with zero attached hydrogens (tertiary/aromatic N) is 2. The second-order valence-electron chi connectivity index (χ2n) is 5.35. The first-order chi connectivity index (χ1) is 11.6. The minimum Gasteiger partial charge on any atom is -0.462 e. The van der Waals surface area contributed by atoms with Crippen LogP contribution in [0.15, 0.2) is 48.8 Å². The third-order valence-electron chi connectivity index (χ3n) is 3.56. The van der Waals surface area contributed by atoms with Gasteiger partial charge in [-0.05, 0) is 38.1 Å². The average molecular weight is 323 g/mol. The molecule has 0 saturated carbocycles. The normalized spacial score (nSPS) is 10.6. The Hall–Kier alpha value is -3.15. The van der Waals surface area contributed by atoms with Gasteiger partial charge in [-0.15, -0.1) is 0 Å². The van der Waals surface area contributed by atoms with E-state index in [-0.39, 0.29) is 5.91 Å². The Balaban J connectivity index is 1.89. The van der Waals surface area contributed by atoms with E-state index in [9.17, 15) is 9.59 Å². The number of carbonyl (C=O) groups excluding carboxylic acids is 2. The molecule has 0 atom stereocenters. The van der Waals surface area contributed by atoms with Crippen molar-refractivity contribution < 1.29 is 14.3 Å². The summed E-state index contributed by atoms with van der Waals surface area (Å²) >= 11 is 0. The number of rotatable bonds is 4. The lowest BCUT2D eigenvalue weighted by atomic mass is 10.1. The maximum Gasteiger partial charge on any atom is 0.341 e.